The minimum Gasteiger partial charge on any atom is -0.456 e. The number of methoxy groups -OCH3 is 1. The second-order valence-corrected chi connectivity index (χ2v) is 8.05. The summed E-state index contributed by atoms with van der Waals surface area (Å²) in [7, 11) is 1.41. The summed E-state index contributed by atoms with van der Waals surface area (Å²) in [6.45, 7) is -0.678. The number of benzene rings is 2. The summed E-state index contributed by atoms with van der Waals surface area (Å²) in [5.74, 6) is -1.95. The number of nitrogens with two attached hydrogens (primary N) is 1. The summed E-state index contributed by atoms with van der Waals surface area (Å²) in [5.41, 5.74) is 5.57. The highest BCUT2D eigenvalue weighted by Crippen LogP contribution is 2.18. The van der Waals surface area contributed by atoms with Crippen LogP contribution in [0.4, 0.5) is 11.5 Å². The number of aromatic nitrogens is 2. The number of carbonyl (C=O) groups excluding carboxylic acids is 3. The van der Waals surface area contributed by atoms with Crippen LogP contribution in [0.3, 0.4) is 0 Å². The van der Waals surface area contributed by atoms with E-state index in [1.807, 2.05) is 6.07 Å². The van der Waals surface area contributed by atoms with E-state index >= 15 is 0 Å². The van der Waals surface area contributed by atoms with Gasteiger partial charge in [0.05, 0.1) is 19.6 Å². The van der Waals surface area contributed by atoms with Crippen LogP contribution in [0.2, 0.25) is 0 Å². The Bertz CT molecular complexity index is 1350. The van der Waals surface area contributed by atoms with E-state index in [9.17, 15) is 24.0 Å². The molecule has 194 valence electrons. The molecule has 3 aromatic rings. The molecule has 11 heteroatoms. The van der Waals surface area contributed by atoms with Crippen LogP contribution in [-0.2, 0) is 25.6 Å². The quantitative estimate of drug-likeness (QED) is 0.275. The van der Waals surface area contributed by atoms with Gasteiger partial charge in [0.2, 0.25) is 0 Å². The number of esters is 1. The van der Waals surface area contributed by atoms with E-state index in [2.05, 4.69) is 4.98 Å². The predicted molar refractivity (Wildman–Crippen MR) is 136 cm³/mol. The number of anilines is 2. The predicted octanol–water partition coefficient (Wildman–Crippen LogP) is 1.35. The molecule has 3 N–H and O–H groups in total. The fraction of sp³-hybridized carbons (Fsp3) is 0.269. The lowest BCUT2D eigenvalue weighted by Gasteiger charge is -2.24. The van der Waals surface area contributed by atoms with E-state index in [-0.39, 0.29) is 49.8 Å². The molecule has 1 aromatic heterocycles. The molecule has 0 radical (unpaired) electrons. The zero-order valence-electron chi connectivity index (χ0n) is 20.3. The fourth-order valence-corrected chi connectivity index (χ4v) is 3.58. The normalized spacial score (nSPS) is 10.6. The first-order valence-corrected chi connectivity index (χ1v) is 11.5. The van der Waals surface area contributed by atoms with Crippen molar-refractivity contribution in [1.82, 2.24) is 9.55 Å². The van der Waals surface area contributed by atoms with Gasteiger partial charge >= 0.3 is 11.7 Å². The van der Waals surface area contributed by atoms with Crippen LogP contribution >= 0.6 is 0 Å². The van der Waals surface area contributed by atoms with Crippen molar-refractivity contribution in [1.29, 1.82) is 0 Å². The smallest absolute Gasteiger partial charge is 0.330 e. The fourth-order valence-electron chi connectivity index (χ4n) is 3.58. The number of hydrogen-bond donors (Lipinski definition) is 2. The SMILES string of the molecule is COCCN(C(=O)COC(=O)CCC(=O)c1ccccc1)c1c(N)n(Cc2ccccc2)c(=O)[nH]c1=O. The van der Waals surface area contributed by atoms with Crippen LogP contribution in [0.5, 0.6) is 0 Å². The highest BCUT2D eigenvalue weighted by molar-refractivity contribution is 5.99. The number of nitrogens with one attached hydrogen (secondary N) is 1. The second kappa shape index (κ2) is 13.0. The maximum atomic E-state index is 13.0. The average molecular weight is 509 g/mol. The Kier molecular flexibility index (Phi) is 9.50. The van der Waals surface area contributed by atoms with Crippen molar-refractivity contribution in [3.8, 4) is 0 Å². The van der Waals surface area contributed by atoms with Crippen molar-refractivity contribution in [2.45, 2.75) is 19.4 Å². The lowest BCUT2D eigenvalue weighted by molar-refractivity contribution is -0.147. The van der Waals surface area contributed by atoms with Gasteiger partial charge in [-0.1, -0.05) is 60.7 Å². The van der Waals surface area contributed by atoms with Crippen molar-refractivity contribution in [2.24, 2.45) is 0 Å². The molecule has 0 bridgehead atoms. The number of ketones is 1. The molecule has 0 atom stereocenters. The number of Topliss-reactive ketones (excluding diaryl/α,β-unsaturated/α-hetero) is 1. The topological polar surface area (TPSA) is 154 Å². The van der Waals surface area contributed by atoms with E-state index in [4.69, 9.17) is 15.2 Å². The number of carbonyl (C=O) groups is 3. The number of amides is 1. The molecule has 0 aliphatic carbocycles. The first kappa shape index (κ1) is 27.1. The molecule has 3 rings (SSSR count). The summed E-state index contributed by atoms with van der Waals surface area (Å²) in [4.78, 5) is 65.7. The van der Waals surface area contributed by atoms with Gasteiger partial charge in [0, 0.05) is 25.6 Å². The Morgan fingerprint density at radius 2 is 1.62 bits per heavy atom. The van der Waals surface area contributed by atoms with Crippen molar-refractivity contribution >= 4 is 29.2 Å². The lowest BCUT2D eigenvalue weighted by atomic mass is 10.1. The zero-order valence-corrected chi connectivity index (χ0v) is 20.3. The molecule has 0 saturated heterocycles. The molecule has 37 heavy (non-hydrogen) atoms. The Labute approximate surface area is 212 Å². The maximum Gasteiger partial charge on any atom is 0.330 e. The van der Waals surface area contributed by atoms with Gasteiger partial charge in [-0.3, -0.25) is 33.6 Å². The summed E-state index contributed by atoms with van der Waals surface area (Å²) >= 11 is 0. The van der Waals surface area contributed by atoms with Crippen LogP contribution in [0.15, 0.2) is 70.3 Å². The van der Waals surface area contributed by atoms with E-state index in [0.717, 1.165) is 15.0 Å². The third kappa shape index (κ3) is 7.24. The van der Waals surface area contributed by atoms with E-state index < -0.39 is 29.7 Å². The molecular weight excluding hydrogens is 480 g/mol. The van der Waals surface area contributed by atoms with Gasteiger partial charge in [0.25, 0.3) is 11.5 Å². The van der Waals surface area contributed by atoms with Crippen LogP contribution in [0, 0.1) is 0 Å². The van der Waals surface area contributed by atoms with E-state index in [1.165, 1.54) is 7.11 Å². The Hall–Kier alpha value is -4.51. The molecule has 0 unspecified atom stereocenters. The van der Waals surface area contributed by atoms with Gasteiger partial charge in [-0.05, 0) is 5.56 Å². The van der Waals surface area contributed by atoms with Gasteiger partial charge in [-0.25, -0.2) is 4.79 Å². The summed E-state index contributed by atoms with van der Waals surface area (Å²) in [6.07, 6.45) is -0.300. The summed E-state index contributed by atoms with van der Waals surface area (Å²) < 4.78 is 11.2. The van der Waals surface area contributed by atoms with Gasteiger partial charge in [-0.2, -0.15) is 0 Å². The van der Waals surface area contributed by atoms with E-state index in [1.54, 1.807) is 54.6 Å². The maximum absolute atomic E-state index is 13.0. The van der Waals surface area contributed by atoms with Crippen LogP contribution < -0.4 is 21.9 Å². The molecule has 0 spiro atoms. The largest absolute Gasteiger partial charge is 0.456 e. The molecule has 11 nitrogen and oxygen atoms in total. The lowest BCUT2D eigenvalue weighted by Crippen LogP contribution is -2.44. The number of H-pyrrole nitrogens is 1. The summed E-state index contributed by atoms with van der Waals surface area (Å²) in [5, 5.41) is 0. The molecule has 1 heterocycles. The van der Waals surface area contributed by atoms with E-state index in [0.29, 0.717) is 5.56 Å². The summed E-state index contributed by atoms with van der Waals surface area (Å²) in [6, 6.07) is 17.5. The first-order chi connectivity index (χ1) is 17.8. The number of ether oxygens (including phenoxy) is 2. The highest BCUT2D eigenvalue weighted by atomic mass is 16.5. The first-order valence-electron chi connectivity index (χ1n) is 11.5. The van der Waals surface area contributed by atoms with Crippen LogP contribution in [0.1, 0.15) is 28.8 Å². The third-order valence-corrected chi connectivity index (χ3v) is 5.50. The van der Waals surface area contributed by atoms with Crippen molar-refractivity contribution < 1.29 is 23.9 Å². The Balaban J connectivity index is 1.74. The Morgan fingerprint density at radius 1 is 0.973 bits per heavy atom. The van der Waals surface area contributed by atoms with Gasteiger partial charge in [0.1, 0.15) is 5.82 Å². The minimum atomic E-state index is -0.865. The second-order valence-electron chi connectivity index (χ2n) is 8.05. The molecule has 0 aliphatic heterocycles. The number of nitrogen functional groups attached to an aromatic ring is 1. The van der Waals surface area contributed by atoms with Crippen molar-refractivity contribution in [3.05, 3.63) is 92.6 Å². The zero-order chi connectivity index (χ0) is 26.8. The van der Waals surface area contributed by atoms with Gasteiger partial charge in [0.15, 0.2) is 18.1 Å². The third-order valence-electron chi connectivity index (χ3n) is 5.50. The highest BCUT2D eigenvalue weighted by Gasteiger charge is 2.25. The standard InChI is InChI=1S/C26H28N4O7/c1-36-15-14-29(21(32)17-37-22(33)13-12-20(31)19-10-6-3-7-11-19)23-24(27)30(26(35)28-25(23)34)16-18-8-4-2-5-9-18/h2-11H,12-17,27H2,1H3,(H,28,34,35). The number of aromatic amines is 1. The number of nitrogens with zero attached hydrogens (tertiary/aromatic N) is 2. The average Bonchev–Trinajstić information content (AvgIpc) is 2.91. The van der Waals surface area contributed by atoms with Crippen LogP contribution in [-0.4, -0.2) is 54.1 Å². The molecule has 1 amide bonds. The molecule has 0 aliphatic rings. The molecular formula is C26H28N4O7. The van der Waals surface area contributed by atoms with Gasteiger partial charge in [-0.15, -0.1) is 0 Å². The van der Waals surface area contributed by atoms with Crippen LogP contribution in [0.25, 0.3) is 0 Å². The molecule has 0 fully saturated rings. The number of hydrogen-bond acceptors (Lipinski definition) is 8. The van der Waals surface area contributed by atoms with Crippen molar-refractivity contribution in [2.75, 3.05) is 37.5 Å². The van der Waals surface area contributed by atoms with Crippen molar-refractivity contribution in [3.63, 3.8) is 0 Å². The minimum absolute atomic E-state index is 0.0436. The van der Waals surface area contributed by atoms with Gasteiger partial charge < -0.3 is 15.2 Å². The monoisotopic (exact) mass is 508 g/mol. The molecule has 2 aromatic carbocycles. The Morgan fingerprint density at radius 3 is 2.27 bits per heavy atom. The number of rotatable bonds is 12. The molecule has 0 saturated carbocycles.